The number of nitrogens with one attached hydrogen (secondary N) is 3. The molecule has 0 atom stereocenters. The molecule has 0 amide bonds. The van der Waals surface area contributed by atoms with Gasteiger partial charge < -0.3 is 10.2 Å². The van der Waals surface area contributed by atoms with Crippen LogP contribution in [0.25, 0.3) is 16.7 Å². The van der Waals surface area contributed by atoms with Crippen LogP contribution >= 0.6 is 0 Å². The molecular formula is C24H22F3N7O. The van der Waals surface area contributed by atoms with E-state index in [9.17, 15) is 18.0 Å². The summed E-state index contributed by atoms with van der Waals surface area (Å²) in [5.41, 5.74) is 1.80. The predicted octanol–water partition coefficient (Wildman–Crippen LogP) is 3.65. The summed E-state index contributed by atoms with van der Waals surface area (Å²) >= 11 is 0. The molecule has 4 aromatic rings. The van der Waals surface area contributed by atoms with Gasteiger partial charge in [0.15, 0.2) is 5.65 Å². The van der Waals surface area contributed by atoms with Gasteiger partial charge >= 0.3 is 11.9 Å². The molecule has 8 nitrogen and oxygen atoms in total. The zero-order chi connectivity index (χ0) is 24.9. The summed E-state index contributed by atoms with van der Waals surface area (Å²) < 4.78 is 40.6. The Hall–Kier alpha value is -3.99. The van der Waals surface area contributed by atoms with Gasteiger partial charge in [-0.2, -0.15) is 18.2 Å². The Balaban J connectivity index is 1.53. The minimum Gasteiger partial charge on any atom is -0.324 e. The van der Waals surface area contributed by atoms with Crippen LogP contribution in [-0.2, 0) is 19.1 Å². The zero-order valence-corrected chi connectivity index (χ0v) is 19.0. The third-order valence-electron chi connectivity index (χ3n) is 6.14. The molecular weight excluding hydrogens is 459 g/mol. The first-order valence-corrected chi connectivity index (χ1v) is 10.9. The van der Waals surface area contributed by atoms with Crippen LogP contribution in [0.4, 0.5) is 24.8 Å². The van der Waals surface area contributed by atoms with Gasteiger partial charge in [0.25, 0.3) is 0 Å². The van der Waals surface area contributed by atoms with E-state index in [4.69, 9.17) is 5.41 Å². The van der Waals surface area contributed by atoms with E-state index in [1.165, 1.54) is 23.4 Å². The Labute approximate surface area is 197 Å². The van der Waals surface area contributed by atoms with Crippen molar-refractivity contribution in [2.75, 3.05) is 18.9 Å². The van der Waals surface area contributed by atoms with Crippen LogP contribution < -0.4 is 16.5 Å². The van der Waals surface area contributed by atoms with Gasteiger partial charge in [-0.15, -0.1) is 0 Å². The quantitative estimate of drug-likeness (QED) is 0.415. The maximum absolute atomic E-state index is 13.2. The van der Waals surface area contributed by atoms with Crippen LogP contribution in [0.3, 0.4) is 0 Å². The fourth-order valence-electron chi connectivity index (χ4n) is 4.25. The van der Waals surface area contributed by atoms with Crippen molar-refractivity contribution < 1.29 is 13.2 Å². The van der Waals surface area contributed by atoms with Crippen LogP contribution in [0.1, 0.15) is 22.3 Å². The highest BCUT2D eigenvalue weighted by Gasteiger charge is 2.31. The lowest BCUT2D eigenvalue weighted by Gasteiger charge is -2.25. The zero-order valence-electron chi connectivity index (χ0n) is 19.0. The van der Waals surface area contributed by atoms with E-state index in [1.54, 1.807) is 6.92 Å². The summed E-state index contributed by atoms with van der Waals surface area (Å²) in [5, 5.41) is 11.8. The maximum atomic E-state index is 13.2. The Morgan fingerprint density at radius 3 is 2.71 bits per heavy atom. The smallest absolute Gasteiger partial charge is 0.324 e. The molecule has 11 heteroatoms. The predicted molar refractivity (Wildman–Crippen MR) is 125 cm³/mol. The largest absolute Gasteiger partial charge is 0.416 e. The molecule has 180 valence electrons. The van der Waals surface area contributed by atoms with Crippen molar-refractivity contribution in [2.45, 2.75) is 26.1 Å². The molecule has 0 aliphatic carbocycles. The summed E-state index contributed by atoms with van der Waals surface area (Å²) in [6, 6.07) is 9.11. The number of fused-ring (bicyclic) bond motifs is 2. The molecule has 2 aromatic heterocycles. The van der Waals surface area contributed by atoms with Crippen molar-refractivity contribution in [1.82, 2.24) is 24.4 Å². The Kier molecular flexibility index (Phi) is 5.43. The summed E-state index contributed by atoms with van der Waals surface area (Å²) in [6.07, 6.45) is -2.23. The number of H-pyrrole nitrogens is 1. The van der Waals surface area contributed by atoms with Crippen LogP contribution in [0.2, 0.25) is 0 Å². The van der Waals surface area contributed by atoms with Crippen LogP contribution in [0.5, 0.6) is 0 Å². The number of hydrogen-bond acceptors (Lipinski definition) is 6. The number of halogens is 3. The molecule has 0 saturated heterocycles. The lowest BCUT2D eigenvalue weighted by Crippen LogP contribution is -2.35. The third kappa shape index (κ3) is 4.30. The van der Waals surface area contributed by atoms with Gasteiger partial charge in [0.05, 0.1) is 16.6 Å². The van der Waals surface area contributed by atoms with Gasteiger partial charge in [0, 0.05) is 25.0 Å². The van der Waals surface area contributed by atoms with E-state index in [2.05, 4.69) is 38.3 Å². The normalized spacial score (nSPS) is 14.2. The van der Waals surface area contributed by atoms with Crippen molar-refractivity contribution >= 4 is 22.7 Å². The van der Waals surface area contributed by atoms with Gasteiger partial charge in [-0.1, -0.05) is 12.1 Å². The molecule has 35 heavy (non-hydrogen) atoms. The average molecular weight is 481 g/mol. The second-order valence-electron chi connectivity index (χ2n) is 8.67. The Morgan fingerprint density at radius 1 is 1.14 bits per heavy atom. The minimum atomic E-state index is -4.58. The summed E-state index contributed by atoms with van der Waals surface area (Å²) in [4.78, 5) is 26.3. The molecule has 1 aliphatic rings. The molecule has 2 aromatic carbocycles. The molecule has 3 N–H and O–H groups in total. The number of hydrogen-bond donors (Lipinski definition) is 3. The van der Waals surface area contributed by atoms with Gasteiger partial charge in [0.1, 0.15) is 5.49 Å². The van der Waals surface area contributed by atoms with Gasteiger partial charge in [-0.05, 0) is 61.3 Å². The fraction of sp³-hybridized carbons (Fsp3) is 0.250. The molecule has 0 radical (unpaired) electrons. The summed E-state index contributed by atoms with van der Waals surface area (Å²) in [7, 11) is 2.07. The van der Waals surface area contributed by atoms with Crippen LogP contribution in [0, 0.1) is 12.3 Å². The van der Waals surface area contributed by atoms with Crippen molar-refractivity contribution in [1.29, 1.82) is 5.41 Å². The molecule has 1 aliphatic heterocycles. The maximum Gasteiger partial charge on any atom is 0.416 e. The van der Waals surface area contributed by atoms with E-state index in [0.29, 0.717) is 5.56 Å². The number of benzene rings is 2. The molecule has 0 unspecified atom stereocenters. The molecule has 0 spiro atoms. The SMILES string of the molecule is Cc1ccc(C(F)(F)F)cc1-n1c(=O)[nH]c2nc(Nc3ccc4c(c3)CN(C)CC4)ncc2c1=N. The number of aryl methyl sites for hydroxylation is 1. The van der Waals surface area contributed by atoms with Crippen molar-refractivity contribution in [3.05, 3.63) is 80.8 Å². The monoisotopic (exact) mass is 481 g/mol. The minimum absolute atomic E-state index is 0.0331. The number of aromatic nitrogens is 4. The molecule has 3 heterocycles. The number of aromatic amines is 1. The molecule has 0 fully saturated rings. The second-order valence-corrected chi connectivity index (χ2v) is 8.67. The summed E-state index contributed by atoms with van der Waals surface area (Å²) in [6.45, 7) is 3.43. The number of nitrogens with zero attached hydrogens (tertiary/aromatic N) is 4. The fourth-order valence-corrected chi connectivity index (χ4v) is 4.25. The van der Waals surface area contributed by atoms with E-state index in [0.717, 1.165) is 41.9 Å². The number of anilines is 2. The molecule has 0 bridgehead atoms. The van der Waals surface area contributed by atoms with E-state index >= 15 is 0 Å². The third-order valence-corrected chi connectivity index (χ3v) is 6.14. The van der Waals surface area contributed by atoms with Crippen molar-refractivity contribution in [3.63, 3.8) is 0 Å². The lowest BCUT2D eigenvalue weighted by molar-refractivity contribution is -0.137. The van der Waals surface area contributed by atoms with Crippen LogP contribution in [-0.4, -0.2) is 38.0 Å². The first kappa shape index (κ1) is 22.8. The number of alkyl halides is 3. The van der Waals surface area contributed by atoms with Gasteiger partial charge in [-0.25, -0.2) is 14.3 Å². The average Bonchev–Trinajstić information content (AvgIpc) is 2.79. The first-order valence-electron chi connectivity index (χ1n) is 10.9. The number of rotatable bonds is 3. The van der Waals surface area contributed by atoms with Crippen molar-refractivity contribution in [3.8, 4) is 5.69 Å². The van der Waals surface area contributed by atoms with Crippen LogP contribution in [0.15, 0.2) is 47.4 Å². The topological polar surface area (TPSA) is 103 Å². The summed E-state index contributed by atoms with van der Waals surface area (Å²) in [5.74, 6) is 0.227. The molecule has 0 saturated carbocycles. The second kappa shape index (κ2) is 8.35. The van der Waals surface area contributed by atoms with E-state index in [-0.39, 0.29) is 28.2 Å². The highest BCUT2D eigenvalue weighted by Crippen LogP contribution is 2.31. The lowest BCUT2D eigenvalue weighted by atomic mass is 9.99. The van der Waals surface area contributed by atoms with Gasteiger partial charge in [-0.3, -0.25) is 10.4 Å². The first-order chi connectivity index (χ1) is 16.6. The van der Waals surface area contributed by atoms with Gasteiger partial charge in [0.2, 0.25) is 5.95 Å². The van der Waals surface area contributed by atoms with E-state index in [1.807, 2.05) is 12.1 Å². The molecule has 5 rings (SSSR count). The van der Waals surface area contributed by atoms with E-state index < -0.39 is 17.4 Å². The Bertz CT molecular complexity index is 1570. The van der Waals surface area contributed by atoms with Crippen molar-refractivity contribution in [2.24, 2.45) is 0 Å². The number of likely N-dealkylation sites (N-methyl/N-ethyl adjacent to an activating group) is 1. The standard InChI is InChI=1S/C24H22F3N7O/c1-13-3-5-16(24(25,26)27)10-19(13)34-20(28)18-11-29-22(31-21(18)32-23(34)35)30-17-6-4-14-7-8-33(2)12-15(14)9-17/h3-6,9-11,28H,7-8,12H2,1-2H3,(H2,29,30,31,32,35). The highest BCUT2D eigenvalue weighted by molar-refractivity contribution is 5.74. The highest BCUT2D eigenvalue weighted by atomic mass is 19.4. The Morgan fingerprint density at radius 2 is 1.94 bits per heavy atom.